The van der Waals surface area contributed by atoms with E-state index in [4.69, 9.17) is 48.9 Å². The Morgan fingerprint density at radius 2 is 0.857 bits per heavy atom. The van der Waals surface area contributed by atoms with E-state index in [1.165, 1.54) is 0 Å². The van der Waals surface area contributed by atoms with Crippen LogP contribution in [0.1, 0.15) is 0 Å². The van der Waals surface area contributed by atoms with Gasteiger partial charge < -0.3 is 0 Å². The number of rotatable bonds is 0. The minimum absolute atomic E-state index is 0.151. The van der Waals surface area contributed by atoms with Gasteiger partial charge in [-0.25, -0.2) is 0 Å². The van der Waals surface area contributed by atoms with Crippen molar-refractivity contribution in [3.05, 3.63) is 0 Å². The van der Waals surface area contributed by atoms with Gasteiger partial charge >= 0.3 is 0 Å². The Labute approximate surface area is 101 Å². The van der Waals surface area contributed by atoms with Crippen LogP contribution < -0.4 is 0 Å². The molecule has 0 unspecified atom stereocenters. The molecule has 0 heterocycles. The molecule has 2 aliphatic carbocycles. The van der Waals surface area contributed by atoms with E-state index in [1.807, 2.05) is 0 Å². The lowest BCUT2D eigenvalue weighted by Crippen LogP contribution is -2.23. The van der Waals surface area contributed by atoms with Gasteiger partial charge in [0.15, 0.2) is 0 Å². The Morgan fingerprint density at radius 1 is 0.643 bits per heavy atom. The number of carbonyl (C=O) groups excluding carboxylic acids is 2. The molecule has 0 aromatic heterocycles. The molecule has 0 aliphatic heterocycles. The largest absolute Gasteiger partial charge is 0.287 e. The number of hydrogen-bond acceptors (Lipinski definition) is 6. The highest BCUT2D eigenvalue weighted by Crippen LogP contribution is 2.35. The summed E-state index contributed by atoms with van der Waals surface area (Å²) in [5, 5.41) is 0. The Bertz CT molecular complexity index is 370. The van der Waals surface area contributed by atoms with Gasteiger partial charge in [-0.05, 0) is 0 Å². The van der Waals surface area contributed by atoms with E-state index in [1.54, 1.807) is 0 Å². The molecule has 6 heteroatoms. The molecule has 2 rings (SSSR count). The lowest BCUT2D eigenvalue weighted by Gasteiger charge is -2.03. The van der Waals surface area contributed by atoms with E-state index in [0.717, 1.165) is 0 Å². The van der Waals surface area contributed by atoms with Gasteiger partial charge in [0, 0.05) is 0 Å². The summed E-state index contributed by atoms with van der Waals surface area (Å²) in [6.45, 7) is 0. The number of thiocarbonyl (C=S) groups is 4. The highest BCUT2D eigenvalue weighted by atomic mass is 32.1. The van der Waals surface area contributed by atoms with Crippen molar-refractivity contribution in [2.45, 2.75) is 0 Å². The molecule has 2 nitrogen and oxygen atoms in total. The zero-order valence-corrected chi connectivity index (χ0v) is 9.87. The first-order valence-electron chi connectivity index (χ1n) is 3.71. The number of Topliss-reactive ketones (excluding diaryl/α,β-unsaturated/α-hetero) is 2. The standard InChI is InChI=1S/C8H2O2S4/c9-3-5(11)1-2(7(3)13)8(14)4(10)6(1)12/h1-2H. The second-order valence-electron chi connectivity index (χ2n) is 3.07. The topological polar surface area (TPSA) is 34.1 Å². The van der Waals surface area contributed by atoms with Gasteiger partial charge in [0.25, 0.3) is 0 Å². The van der Waals surface area contributed by atoms with Gasteiger partial charge in [-0.2, -0.15) is 0 Å². The van der Waals surface area contributed by atoms with Gasteiger partial charge in [0.1, 0.15) is 0 Å². The third-order valence-electron chi connectivity index (χ3n) is 2.36. The fourth-order valence-corrected chi connectivity index (χ4v) is 3.39. The molecule has 0 aromatic rings. The minimum atomic E-state index is -0.500. The minimum Gasteiger partial charge on any atom is -0.287 e. The summed E-state index contributed by atoms with van der Waals surface area (Å²) in [6, 6.07) is 0. The normalized spacial score (nSPS) is 31.7. The van der Waals surface area contributed by atoms with Crippen molar-refractivity contribution >= 4 is 79.9 Å². The second-order valence-corrected chi connectivity index (χ2v) is 4.83. The van der Waals surface area contributed by atoms with E-state index >= 15 is 0 Å². The Hall–Kier alpha value is -0.300. The first-order chi connectivity index (χ1) is 6.46. The van der Waals surface area contributed by atoms with Gasteiger partial charge in [-0.1, -0.05) is 48.9 Å². The van der Waals surface area contributed by atoms with Crippen molar-refractivity contribution in [1.29, 1.82) is 0 Å². The van der Waals surface area contributed by atoms with Crippen LogP contribution in [0.15, 0.2) is 0 Å². The van der Waals surface area contributed by atoms with Crippen LogP contribution in [0.2, 0.25) is 0 Å². The van der Waals surface area contributed by atoms with Crippen molar-refractivity contribution in [3.63, 3.8) is 0 Å². The molecule has 0 radical (unpaired) electrons. The zero-order valence-electron chi connectivity index (χ0n) is 6.60. The molecule has 0 spiro atoms. The number of fused-ring (bicyclic) bond motifs is 1. The van der Waals surface area contributed by atoms with Crippen molar-refractivity contribution < 1.29 is 9.59 Å². The summed E-state index contributed by atoms with van der Waals surface area (Å²) < 4.78 is 0. The maximum absolute atomic E-state index is 11.4. The van der Waals surface area contributed by atoms with E-state index in [2.05, 4.69) is 0 Å². The van der Waals surface area contributed by atoms with E-state index in [-0.39, 0.29) is 31.0 Å². The smallest absolute Gasteiger partial charge is 0.207 e. The zero-order chi connectivity index (χ0) is 10.6. The highest BCUT2D eigenvalue weighted by Gasteiger charge is 2.54. The van der Waals surface area contributed by atoms with Crippen LogP contribution in [0.25, 0.3) is 0 Å². The van der Waals surface area contributed by atoms with Gasteiger partial charge in [-0.3, -0.25) is 9.59 Å². The van der Waals surface area contributed by atoms with E-state index in [9.17, 15) is 9.59 Å². The fourth-order valence-electron chi connectivity index (χ4n) is 1.65. The molecular formula is C8H2O2S4. The molecule has 0 bridgehead atoms. The summed E-state index contributed by atoms with van der Waals surface area (Å²) in [4.78, 5) is 23.4. The molecule has 14 heavy (non-hydrogen) atoms. The second kappa shape index (κ2) is 3.10. The predicted octanol–water partition coefficient (Wildman–Crippen LogP) is 0.864. The summed E-state index contributed by atoms with van der Waals surface area (Å²) in [7, 11) is 0. The van der Waals surface area contributed by atoms with Crippen molar-refractivity contribution in [2.24, 2.45) is 11.8 Å². The molecular weight excluding hydrogens is 256 g/mol. The maximum atomic E-state index is 11.4. The molecule has 2 fully saturated rings. The predicted molar refractivity (Wildman–Crippen MR) is 67.4 cm³/mol. The molecule has 0 saturated heterocycles. The summed E-state index contributed by atoms with van der Waals surface area (Å²) in [5.74, 6) is -1.69. The van der Waals surface area contributed by atoms with Gasteiger partial charge in [0.05, 0.1) is 31.3 Å². The molecule has 0 atom stereocenters. The van der Waals surface area contributed by atoms with Crippen LogP contribution in [0, 0.1) is 11.8 Å². The number of carbonyl (C=O) groups is 2. The third-order valence-corrected chi connectivity index (χ3v) is 4.12. The quantitative estimate of drug-likeness (QED) is 0.600. The molecule has 0 N–H and O–H groups in total. The van der Waals surface area contributed by atoms with Crippen LogP contribution in [0.5, 0.6) is 0 Å². The Morgan fingerprint density at radius 3 is 1.07 bits per heavy atom. The highest BCUT2D eigenvalue weighted by molar-refractivity contribution is 7.89. The van der Waals surface area contributed by atoms with Crippen molar-refractivity contribution in [1.82, 2.24) is 0 Å². The Kier molecular flexibility index (Phi) is 2.26. The number of ketones is 2. The van der Waals surface area contributed by atoms with Crippen LogP contribution in [-0.4, -0.2) is 31.0 Å². The van der Waals surface area contributed by atoms with Crippen molar-refractivity contribution in [3.8, 4) is 0 Å². The first-order valence-corrected chi connectivity index (χ1v) is 5.35. The lowest BCUT2D eigenvalue weighted by molar-refractivity contribution is -0.107. The first kappa shape index (κ1) is 10.2. The molecule has 0 aromatic carbocycles. The van der Waals surface area contributed by atoms with Gasteiger partial charge in [0.2, 0.25) is 11.6 Å². The Balaban J connectivity index is 2.60. The SMILES string of the molecule is O=C1C(=S)C2C(=S)C(=O)C(=S)C2C1=S. The van der Waals surface area contributed by atoms with E-state index < -0.39 is 11.8 Å². The maximum Gasteiger partial charge on any atom is 0.207 e. The summed E-state index contributed by atoms with van der Waals surface area (Å²) in [5.41, 5.74) is 0. The average molecular weight is 258 g/mol. The van der Waals surface area contributed by atoms with Crippen LogP contribution >= 0.6 is 48.9 Å². The van der Waals surface area contributed by atoms with Crippen LogP contribution in [0.4, 0.5) is 0 Å². The fraction of sp³-hybridized carbons (Fsp3) is 0.250. The molecule has 0 amide bonds. The number of hydrogen-bond donors (Lipinski definition) is 0. The monoisotopic (exact) mass is 258 g/mol. The molecule has 70 valence electrons. The lowest BCUT2D eigenvalue weighted by atomic mass is 10.0. The summed E-state index contributed by atoms with van der Waals surface area (Å²) in [6.07, 6.45) is 0. The van der Waals surface area contributed by atoms with Crippen LogP contribution in [-0.2, 0) is 9.59 Å². The van der Waals surface area contributed by atoms with Crippen molar-refractivity contribution in [2.75, 3.05) is 0 Å². The molecule has 2 aliphatic rings. The third kappa shape index (κ3) is 1.05. The van der Waals surface area contributed by atoms with Crippen LogP contribution in [0.3, 0.4) is 0 Å². The molecule has 2 saturated carbocycles. The van der Waals surface area contributed by atoms with E-state index in [0.29, 0.717) is 0 Å². The van der Waals surface area contributed by atoms with Gasteiger partial charge in [-0.15, -0.1) is 0 Å². The summed E-state index contributed by atoms with van der Waals surface area (Å²) >= 11 is 19.6. The average Bonchev–Trinajstić information content (AvgIpc) is 2.51.